The first-order chi connectivity index (χ1) is 10.6. The first kappa shape index (κ1) is 17.5. The molecule has 0 bridgehead atoms. The summed E-state index contributed by atoms with van der Waals surface area (Å²) in [6, 6.07) is 4.41. The van der Waals surface area contributed by atoms with Crippen LogP contribution in [0.4, 0.5) is 11.6 Å². The zero-order chi connectivity index (χ0) is 15.9. The molecular formula is C13H21N5OS3. The Hall–Kier alpha value is -0.870. The SMILES string of the molecule is CNc1n[s+]([O-])nc1NCCSCc1ccc(CN(C)C)s1. The summed E-state index contributed by atoms with van der Waals surface area (Å²) >= 11 is 2.27. The maximum atomic E-state index is 11.2. The van der Waals surface area contributed by atoms with Gasteiger partial charge in [-0.3, -0.25) is 0 Å². The Morgan fingerprint density at radius 1 is 1.27 bits per heavy atom. The molecule has 2 aromatic heterocycles. The number of nitrogens with one attached hydrogen (secondary N) is 2. The van der Waals surface area contributed by atoms with Gasteiger partial charge in [-0.05, 0) is 26.2 Å². The predicted octanol–water partition coefficient (Wildman–Crippen LogP) is 2.71. The van der Waals surface area contributed by atoms with E-state index in [1.165, 1.54) is 9.75 Å². The van der Waals surface area contributed by atoms with Crippen LogP contribution in [-0.4, -0.2) is 51.6 Å². The standard InChI is InChI=1S/C13H21N5OS3/c1-14-12-13(17-22(19)16-12)15-6-7-20-9-11-5-4-10(21-11)8-18(2)3/h4-5H,6-9H2,1-3H3,(H,14,16)(H,15,17). The number of nitrogens with zero attached hydrogens (tertiary/aromatic N) is 3. The van der Waals surface area contributed by atoms with E-state index in [4.69, 9.17) is 0 Å². The van der Waals surface area contributed by atoms with E-state index in [2.05, 4.69) is 50.5 Å². The van der Waals surface area contributed by atoms with Gasteiger partial charge in [0.25, 0.3) is 0 Å². The largest absolute Gasteiger partial charge is 0.546 e. The zero-order valence-electron chi connectivity index (χ0n) is 13.0. The number of thioether (sulfide) groups is 1. The van der Waals surface area contributed by atoms with Crippen LogP contribution in [0, 0.1) is 0 Å². The van der Waals surface area contributed by atoms with Crippen molar-refractivity contribution in [2.24, 2.45) is 0 Å². The third kappa shape index (κ3) is 5.40. The summed E-state index contributed by atoms with van der Waals surface area (Å²) in [6.07, 6.45) is 0. The molecule has 1 unspecified atom stereocenters. The average molecular weight is 360 g/mol. The summed E-state index contributed by atoms with van der Waals surface area (Å²) in [5, 5.41) is 6.05. The van der Waals surface area contributed by atoms with Crippen molar-refractivity contribution in [3.05, 3.63) is 21.9 Å². The molecule has 2 heterocycles. The molecule has 0 aromatic carbocycles. The number of rotatable bonds is 9. The highest BCUT2D eigenvalue weighted by atomic mass is 32.2. The molecule has 0 saturated carbocycles. The molecule has 0 spiro atoms. The quantitative estimate of drug-likeness (QED) is 0.526. The Labute approximate surface area is 142 Å². The molecule has 0 fully saturated rings. The molecule has 9 heteroatoms. The Kier molecular flexibility index (Phi) is 6.90. The number of thiophene rings is 1. The maximum Gasteiger partial charge on any atom is 0.232 e. The van der Waals surface area contributed by atoms with E-state index in [0.717, 1.165) is 24.6 Å². The second-order valence-electron chi connectivity index (χ2n) is 4.95. The summed E-state index contributed by atoms with van der Waals surface area (Å²) in [5.74, 6) is 3.13. The Bertz CT molecular complexity index is 584. The van der Waals surface area contributed by atoms with E-state index in [-0.39, 0.29) is 0 Å². The fourth-order valence-corrected chi connectivity index (χ4v) is 4.64. The lowest BCUT2D eigenvalue weighted by molar-refractivity contribution is 0.406. The van der Waals surface area contributed by atoms with Crippen LogP contribution in [0.5, 0.6) is 0 Å². The third-order valence-electron chi connectivity index (χ3n) is 2.77. The lowest BCUT2D eigenvalue weighted by Gasteiger charge is -2.06. The molecule has 22 heavy (non-hydrogen) atoms. The normalized spacial score (nSPS) is 12.0. The average Bonchev–Trinajstić information content (AvgIpc) is 3.04. The molecule has 0 aliphatic carbocycles. The van der Waals surface area contributed by atoms with Gasteiger partial charge >= 0.3 is 0 Å². The summed E-state index contributed by atoms with van der Waals surface area (Å²) < 4.78 is 19.0. The van der Waals surface area contributed by atoms with Gasteiger partial charge in [-0.15, -0.1) is 11.3 Å². The van der Waals surface area contributed by atoms with Gasteiger partial charge in [0.05, 0.1) is 0 Å². The van der Waals surface area contributed by atoms with E-state index in [1.54, 1.807) is 7.05 Å². The summed E-state index contributed by atoms with van der Waals surface area (Å²) in [7, 11) is 5.91. The number of aromatic nitrogens is 2. The van der Waals surface area contributed by atoms with Gasteiger partial charge in [-0.2, -0.15) is 11.8 Å². The molecule has 2 N–H and O–H groups in total. The van der Waals surface area contributed by atoms with E-state index in [9.17, 15) is 4.55 Å². The van der Waals surface area contributed by atoms with Gasteiger partial charge in [0, 0.05) is 50.1 Å². The molecule has 0 radical (unpaired) electrons. The van der Waals surface area contributed by atoms with Crippen molar-refractivity contribution in [2.75, 3.05) is 44.1 Å². The molecule has 0 aliphatic rings. The fourth-order valence-electron chi connectivity index (χ4n) is 1.85. The fraction of sp³-hybridized carbons (Fsp3) is 0.538. The van der Waals surface area contributed by atoms with Gasteiger partial charge in [0.2, 0.25) is 11.6 Å². The topological polar surface area (TPSA) is 76.1 Å². The Morgan fingerprint density at radius 2 is 2.00 bits per heavy atom. The first-order valence-electron chi connectivity index (χ1n) is 6.90. The molecule has 122 valence electrons. The van der Waals surface area contributed by atoms with Crippen LogP contribution in [0.15, 0.2) is 12.1 Å². The number of anilines is 2. The third-order valence-corrected chi connectivity index (χ3v) is 5.71. The molecule has 0 amide bonds. The van der Waals surface area contributed by atoms with Crippen molar-refractivity contribution >= 4 is 45.9 Å². The minimum atomic E-state index is -1.48. The highest BCUT2D eigenvalue weighted by molar-refractivity contribution is 7.98. The van der Waals surface area contributed by atoms with Crippen molar-refractivity contribution in [1.29, 1.82) is 0 Å². The molecule has 2 rings (SSSR count). The van der Waals surface area contributed by atoms with Crippen molar-refractivity contribution in [2.45, 2.75) is 12.3 Å². The van der Waals surface area contributed by atoms with Gasteiger partial charge in [-0.1, -0.05) is 0 Å². The summed E-state index contributed by atoms with van der Waals surface area (Å²) in [6.45, 7) is 1.78. The van der Waals surface area contributed by atoms with Gasteiger partial charge in [-0.25, -0.2) is 0 Å². The molecule has 6 nitrogen and oxygen atoms in total. The van der Waals surface area contributed by atoms with E-state index in [0.29, 0.717) is 11.6 Å². The summed E-state index contributed by atoms with van der Waals surface area (Å²) in [5.41, 5.74) is 0. The smallest absolute Gasteiger partial charge is 0.232 e. The highest BCUT2D eigenvalue weighted by Gasteiger charge is 2.13. The van der Waals surface area contributed by atoms with Crippen molar-refractivity contribution in [1.82, 2.24) is 13.6 Å². The Balaban J connectivity index is 1.67. The molecule has 2 aromatic rings. The van der Waals surface area contributed by atoms with Crippen LogP contribution in [0.2, 0.25) is 0 Å². The van der Waals surface area contributed by atoms with Crippen molar-refractivity contribution in [3.8, 4) is 0 Å². The lowest BCUT2D eigenvalue weighted by Crippen LogP contribution is -2.09. The van der Waals surface area contributed by atoms with Gasteiger partial charge in [0.15, 0.2) is 11.1 Å². The van der Waals surface area contributed by atoms with Crippen LogP contribution in [0.25, 0.3) is 0 Å². The van der Waals surface area contributed by atoms with E-state index in [1.807, 2.05) is 23.1 Å². The van der Waals surface area contributed by atoms with Crippen LogP contribution in [0.3, 0.4) is 0 Å². The van der Waals surface area contributed by atoms with Crippen LogP contribution in [-0.2, 0) is 12.3 Å². The predicted molar refractivity (Wildman–Crippen MR) is 96.6 cm³/mol. The van der Waals surface area contributed by atoms with Gasteiger partial charge in [0.1, 0.15) is 0 Å². The lowest BCUT2D eigenvalue weighted by atomic mass is 10.4. The maximum absolute atomic E-state index is 11.2. The molecule has 1 atom stereocenters. The molecule has 0 saturated heterocycles. The van der Waals surface area contributed by atoms with Crippen LogP contribution < -0.4 is 10.6 Å². The minimum Gasteiger partial charge on any atom is -0.546 e. The highest BCUT2D eigenvalue weighted by Crippen LogP contribution is 2.24. The van der Waals surface area contributed by atoms with Crippen molar-refractivity contribution < 1.29 is 4.55 Å². The molecule has 0 aliphatic heterocycles. The first-order valence-corrected chi connectivity index (χ1v) is 9.93. The zero-order valence-corrected chi connectivity index (χ0v) is 15.4. The summed E-state index contributed by atoms with van der Waals surface area (Å²) in [4.78, 5) is 4.98. The van der Waals surface area contributed by atoms with Crippen LogP contribution in [0.1, 0.15) is 9.75 Å². The van der Waals surface area contributed by atoms with Crippen LogP contribution >= 0.6 is 34.2 Å². The number of hydrogen-bond donors (Lipinski definition) is 2. The van der Waals surface area contributed by atoms with Crippen molar-refractivity contribution in [3.63, 3.8) is 0 Å². The minimum absolute atomic E-state index is 0.565. The second-order valence-corrected chi connectivity index (χ2v) is 8.13. The Morgan fingerprint density at radius 3 is 2.73 bits per heavy atom. The molecular weight excluding hydrogens is 338 g/mol. The van der Waals surface area contributed by atoms with Gasteiger partial charge < -0.3 is 20.1 Å². The number of hydrogen-bond acceptors (Lipinski definition) is 8. The monoisotopic (exact) mass is 359 g/mol. The second kappa shape index (κ2) is 8.68. The van der Waals surface area contributed by atoms with E-state index >= 15 is 0 Å². The van der Waals surface area contributed by atoms with E-state index < -0.39 is 11.1 Å².